The minimum atomic E-state index is -0.927. The summed E-state index contributed by atoms with van der Waals surface area (Å²) in [6.45, 7) is 8.69. The van der Waals surface area contributed by atoms with Gasteiger partial charge in [-0.1, -0.05) is 31.5 Å². The quantitative estimate of drug-likeness (QED) is 0.285. The zero-order chi connectivity index (χ0) is 22.3. The van der Waals surface area contributed by atoms with E-state index in [2.05, 4.69) is 10.3 Å². The summed E-state index contributed by atoms with van der Waals surface area (Å²) in [5.41, 5.74) is -0.961. The number of nitrogens with one attached hydrogen (secondary N) is 1. The molecule has 0 unspecified atom stereocenters. The molecule has 0 aliphatic carbocycles. The molecule has 0 spiro atoms. The fourth-order valence-corrected chi connectivity index (χ4v) is 2.46. The molecule has 162 valence electrons. The zero-order valence-corrected chi connectivity index (χ0v) is 17.9. The van der Waals surface area contributed by atoms with Gasteiger partial charge in [0.05, 0.1) is 6.61 Å². The SMILES string of the molecule is CCCCOc1c(NC(=O)OC(C)(C)C)nc(F)c(C)c1C(=O)Oc1ccccc1. The molecule has 0 saturated heterocycles. The number of esters is 1. The number of nitrogens with zero attached hydrogens (tertiary/aromatic N) is 1. The van der Waals surface area contributed by atoms with Crippen molar-refractivity contribution in [2.45, 2.75) is 53.1 Å². The minimum absolute atomic E-state index is 0.0443. The van der Waals surface area contributed by atoms with Gasteiger partial charge in [-0.05, 0) is 46.2 Å². The van der Waals surface area contributed by atoms with Crippen molar-refractivity contribution in [1.29, 1.82) is 0 Å². The number of anilines is 1. The van der Waals surface area contributed by atoms with Crippen molar-refractivity contribution >= 4 is 17.9 Å². The molecule has 0 aliphatic rings. The lowest BCUT2D eigenvalue weighted by Crippen LogP contribution is -2.28. The molecule has 1 aromatic heterocycles. The molecule has 2 aromatic rings. The number of carbonyl (C=O) groups excluding carboxylic acids is 2. The number of aromatic nitrogens is 1. The van der Waals surface area contributed by atoms with E-state index in [1.165, 1.54) is 6.92 Å². The second-order valence-corrected chi connectivity index (χ2v) is 7.61. The molecular weight excluding hydrogens is 391 g/mol. The number of benzene rings is 1. The van der Waals surface area contributed by atoms with Crippen LogP contribution in [0.1, 0.15) is 56.5 Å². The van der Waals surface area contributed by atoms with Gasteiger partial charge in [0.1, 0.15) is 16.9 Å². The van der Waals surface area contributed by atoms with Gasteiger partial charge in [-0.3, -0.25) is 5.32 Å². The van der Waals surface area contributed by atoms with Crippen LogP contribution >= 0.6 is 0 Å². The van der Waals surface area contributed by atoms with Crippen LogP contribution in [0.25, 0.3) is 0 Å². The Morgan fingerprint density at radius 1 is 1.17 bits per heavy atom. The van der Waals surface area contributed by atoms with Crippen LogP contribution in [0.4, 0.5) is 15.0 Å². The number of unbranched alkanes of at least 4 members (excludes halogenated alkanes) is 1. The van der Waals surface area contributed by atoms with E-state index in [9.17, 15) is 14.0 Å². The van der Waals surface area contributed by atoms with Crippen molar-refractivity contribution in [3.63, 3.8) is 0 Å². The number of pyridine rings is 1. The Balaban J connectivity index is 2.45. The van der Waals surface area contributed by atoms with Gasteiger partial charge in [0.25, 0.3) is 0 Å². The van der Waals surface area contributed by atoms with E-state index < -0.39 is 23.6 Å². The lowest BCUT2D eigenvalue weighted by Gasteiger charge is -2.21. The highest BCUT2D eigenvalue weighted by Crippen LogP contribution is 2.33. The van der Waals surface area contributed by atoms with Gasteiger partial charge in [-0.2, -0.15) is 9.37 Å². The Morgan fingerprint density at radius 3 is 2.43 bits per heavy atom. The third-order valence-corrected chi connectivity index (χ3v) is 3.86. The second-order valence-electron chi connectivity index (χ2n) is 7.61. The van der Waals surface area contributed by atoms with E-state index in [-0.39, 0.29) is 29.3 Å². The number of amides is 1. The minimum Gasteiger partial charge on any atom is -0.489 e. The molecular formula is C22H27FN2O5. The fraction of sp³-hybridized carbons (Fsp3) is 0.409. The first-order chi connectivity index (χ1) is 14.1. The van der Waals surface area contributed by atoms with Gasteiger partial charge < -0.3 is 14.2 Å². The summed E-state index contributed by atoms with van der Waals surface area (Å²) in [5, 5.41) is 2.38. The topological polar surface area (TPSA) is 86.8 Å². The molecule has 7 nitrogen and oxygen atoms in total. The molecule has 0 saturated carbocycles. The molecule has 0 bridgehead atoms. The summed E-state index contributed by atoms with van der Waals surface area (Å²) in [5.74, 6) is -1.76. The molecule has 0 aliphatic heterocycles. The van der Waals surface area contributed by atoms with Crippen molar-refractivity contribution in [1.82, 2.24) is 4.98 Å². The van der Waals surface area contributed by atoms with Gasteiger partial charge in [-0.15, -0.1) is 0 Å². The van der Waals surface area contributed by atoms with Crippen LogP contribution in [0, 0.1) is 12.9 Å². The van der Waals surface area contributed by atoms with E-state index in [0.717, 1.165) is 6.42 Å². The van der Waals surface area contributed by atoms with Crippen LogP contribution in [0.2, 0.25) is 0 Å². The molecule has 30 heavy (non-hydrogen) atoms. The number of hydrogen-bond donors (Lipinski definition) is 1. The van der Waals surface area contributed by atoms with Crippen LogP contribution in [0.5, 0.6) is 11.5 Å². The molecule has 1 N–H and O–H groups in total. The third-order valence-electron chi connectivity index (χ3n) is 3.86. The molecule has 8 heteroatoms. The Labute approximate surface area is 175 Å². The van der Waals surface area contributed by atoms with E-state index in [1.54, 1.807) is 51.1 Å². The van der Waals surface area contributed by atoms with E-state index in [1.807, 2.05) is 6.92 Å². The highest BCUT2D eigenvalue weighted by Gasteiger charge is 2.28. The average molecular weight is 418 g/mol. The van der Waals surface area contributed by atoms with Crippen LogP contribution in [-0.2, 0) is 4.74 Å². The van der Waals surface area contributed by atoms with Gasteiger partial charge in [0.2, 0.25) is 5.95 Å². The number of ether oxygens (including phenoxy) is 3. The first kappa shape index (κ1) is 23.1. The van der Waals surface area contributed by atoms with Crippen LogP contribution in [0.15, 0.2) is 30.3 Å². The Morgan fingerprint density at radius 2 is 1.83 bits per heavy atom. The first-order valence-corrected chi connectivity index (χ1v) is 9.72. The number of halogens is 1. The zero-order valence-electron chi connectivity index (χ0n) is 17.9. The molecule has 1 heterocycles. The predicted molar refractivity (Wildman–Crippen MR) is 111 cm³/mol. The van der Waals surface area contributed by atoms with Crippen molar-refractivity contribution in [2.75, 3.05) is 11.9 Å². The maximum absolute atomic E-state index is 14.5. The van der Waals surface area contributed by atoms with Crippen LogP contribution in [-0.4, -0.2) is 29.3 Å². The summed E-state index contributed by atoms with van der Waals surface area (Å²) in [6, 6.07) is 8.38. The fourth-order valence-electron chi connectivity index (χ4n) is 2.46. The average Bonchev–Trinajstić information content (AvgIpc) is 2.65. The van der Waals surface area contributed by atoms with E-state index >= 15 is 0 Å². The summed E-state index contributed by atoms with van der Waals surface area (Å²) in [6.07, 6.45) is 0.683. The van der Waals surface area contributed by atoms with Crippen molar-refractivity contribution in [3.05, 3.63) is 47.4 Å². The Kier molecular flexibility index (Phi) is 7.74. The summed E-state index contributed by atoms with van der Waals surface area (Å²) in [4.78, 5) is 28.8. The van der Waals surface area contributed by atoms with Crippen molar-refractivity contribution in [2.24, 2.45) is 0 Å². The predicted octanol–water partition coefficient (Wildman–Crippen LogP) is 5.27. The van der Waals surface area contributed by atoms with Gasteiger partial charge in [0, 0.05) is 5.56 Å². The number of carbonyl (C=O) groups is 2. The lowest BCUT2D eigenvalue weighted by molar-refractivity contribution is 0.0631. The lowest BCUT2D eigenvalue weighted by atomic mass is 10.1. The molecule has 0 atom stereocenters. The smallest absolute Gasteiger partial charge is 0.413 e. The van der Waals surface area contributed by atoms with E-state index in [0.29, 0.717) is 12.2 Å². The highest BCUT2D eigenvalue weighted by molar-refractivity contribution is 5.98. The molecule has 1 amide bonds. The van der Waals surface area contributed by atoms with E-state index in [4.69, 9.17) is 14.2 Å². The third kappa shape index (κ3) is 6.43. The Bertz CT molecular complexity index is 895. The maximum Gasteiger partial charge on any atom is 0.413 e. The second kappa shape index (κ2) is 10.0. The number of para-hydroxylation sites is 1. The highest BCUT2D eigenvalue weighted by atomic mass is 19.1. The largest absolute Gasteiger partial charge is 0.489 e. The monoisotopic (exact) mass is 418 g/mol. The molecule has 0 radical (unpaired) electrons. The molecule has 2 rings (SSSR count). The first-order valence-electron chi connectivity index (χ1n) is 9.72. The number of hydrogen-bond acceptors (Lipinski definition) is 6. The Hall–Kier alpha value is -3.16. The molecule has 0 fully saturated rings. The van der Waals surface area contributed by atoms with Crippen molar-refractivity contribution in [3.8, 4) is 11.5 Å². The summed E-state index contributed by atoms with van der Waals surface area (Å²) < 4.78 is 30.8. The van der Waals surface area contributed by atoms with Gasteiger partial charge >= 0.3 is 12.1 Å². The summed E-state index contributed by atoms with van der Waals surface area (Å²) in [7, 11) is 0. The molecule has 1 aromatic carbocycles. The maximum atomic E-state index is 14.5. The van der Waals surface area contributed by atoms with Gasteiger partial charge in [0.15, 0.2) is 11.6 Å². The summed E-state index contributed by atoms with van der Waals surface area (Å²) >= 11 is 0. The standard InChI is InChI=1S/C22H27FN2O5/c1-6-7-13-28-17-16(20(26)29-15-11-9-8-10-12-15)14(2)18(23)24-19(17)25-21(27)30-22(3,4)5/h8-12H,6-7,13H2,1-5H3,(H,24,25,27). The van der Waals surface area contributed by atoms with Crippen molar-refractivity contribution < 1.29 is 28.2 Å². The van der Waals surface area contributed by atoms with Crippen LogP contribution in [0.3, 0.4) is 0 Å². The van der Waals surface area contributed by atoms with Crippen LogP contribution < -0.4 is 14.8 Å². The number of rotatable bonds is 7. The van der Waals surface area contributed by atoms with Gasteiger partial charge in [-0.25, -0.2) is 9.59 Å². The normalized spacial score (nSPS) is 11.0.